The zero-order chi connectivity index (χ0) is 25.0. The standard InChI is InChI=1S/C29H37NO4S/c1-5-9-21(11-8-19-32-2)27(29(31)34-4)26-12-7-6-10-23(26)20-35-28(22-13-14-22)30-24-15-17-25(33-3)18-16-24/h6-7,10,12,15-18,22H,5,8-9,11,13-14,19-20H2,1-4H3/b27-21+,30-28?. The average molecular weight is 496 g/mol. The Morgan fingerprint density at radius 1 is 1.03 bits per heavy atom. The highest BCUT2D eigenvalue weighted by Gasteiger charge is 2.28. The number of nitrogens with zero attached hydrogens (tertiary/aromatic N) is 1. The molecule has 1 fully saturated rings. The fraction of sp³-hybridized carbons (Fsp3) is 0.448. The summed E-state index contributed by atoms with van der Waals surface area (Å²) < 4.78 is 15.8. The number of carbonyl (C=O) groups excluding carboxylic acids is 1. The molecule has 0 unspecified atom stereocenters. The number of esters is 1. The smallest absolute Gasteiger partial charge is 0.338 e. The molecule has 0 spiro atoms. The van der Waals surface area contributed by atoms with Crippen LogP contribution in [0.15, 0.2) is 59.1 Å². The molecular formula is C29H37NO4S. The topological polar surface area (TPSA) is 57.1 Å². The van der Waals surface area contributed by atoms with E-state index in [1.165, 1.54) is 20.0 Å². The average Bonchev–Trinajstić information content (AvgIpc) is 3.73. The molecule has 6 heteroatoms. The SMILES string of the molecule is CCC/C(CCCOC)=C(\C(=O)OC)c1ccccc1CSC(=Nc1ccc(OC)cc1)C1CC1. The fourth-order valence-corrected chi connectivity index (χ4v) is 5.25. The van der Waals surface area contributed by atoms with E-state index >= 15 is 0 Å². The van der Waals surface area contributed by atoms with Gasteiger partial charge in [-0.1, -0.05) is 43.2 Å². The van der Waals surface area contributed by atoms with Crippen LogP contribution in [0.25, 0.3) is 5.57 Å². The maximum Gasteiger partial charge on any atom is 0.338 e. The molecule has 1 aliphatic rings. The molecule has 0 atom stereocenters. The second-order valence-corrected chi connectivity index (χ2v) is 9.68. The van der Waals surface area contributed by atoms with Gasteiger partial charge in [0.15, 0.2) is 0 Å². The van der Waals surface area contributed by atoms with Crippen LogP contribution >= 0.6 is 11.8 Å². The number of carbonyl (C=O) groups is 1. The van der Waals surface area contributed by atoms with Gasteiger partial charge in [-0.15, -0.1) is 11.8 Å². The Bertz CT molecular complexity index is 1030. The molecular weight excluding hydrogens is 458 g/mol. The molecule has 5 nitrogen and oxygen atoms in total. The molecule has 0 aliphatic heterocycles. The first-order chi connectivity index (χ1) is 17.1. The normalized spacial score (nSPS) is 14.5. The van der Waals surface area contributed by atoms with Gasteiger partial charge in [0.25, 0.3) is 0 Å². The molecule has 0 N–H and O–H groups in total. The number of hydrogen-bond acceptors (Lipinski definition) is 6. The van der Waals surface area contributed by atoms with Crippen molar-refractivity contribution in [1.82, 2.24) is 0 Å². The largest absolute Gasteiger partial charge is 0.497 e. The lowest BCUT2D eigenvalue weighted by Gasteiger charge is -2.17. The summed E-state index contributed by atoms with van der Waals surface area (Å²) in [5, 5.41) is 1.16. The first kappa shape index (κ1) is 27.0. The summed E-state index contributed by atoms with van der Waals surface area (Å²) in [6, 6.07) is 16.1. The maximum absolute atomic E-state index is 13.0. The van der Waals surface area contributed by atoms with E-state index in [1.54, 1.807) is 26.0 Å². The van der Waals surface area contributed by atoms with Crippen molar-refractivity contribution in [3.63, 3.8) is 0 Å². The van der Waals surface area contributed by atoms with Crippen molar-refractivity contribution in [1.29, 1.82) is 0 Å². The van der Waals surface area contributed by atoms with E-state index in [0.29, 0.717) is 18.1 Å². The van der Waals surface area contributed by atoms with Gasteiger partial charge in [-0.3, -0.25) is 0 Å². The van der Waals surface area contributed by atoms with Crippen molar-refractivity contribution in [3.05, 3.63) is 65.2 Å². The molecule has 0 bridgehead atoms. The Balaban J connectivity index is 1.89. The first-order valence-corrected chi connectivity index (χ1v) is 13.3. The van der Waals surface area contributed by atoms with Crippen molar-refractivity contribution < 1.29 is 19.0 Å². The summed E-state index contributed by atoms with van der Waals surface area (Å²) in [7, 11) is 4.84. The summed E-state index contributed by atoms with van der Waals surface area (Å²) in [5.74, 6) is 1.83. The molecule has 1 saturated carbocycles. The van der Waals surface area contributed by atoms with E-state index in [0.717, 1.165) is 64.6 Å². The van der Waals surface area contributed by atoms with Crippen molar-refractivity contribution in [2.75, 3.05) is 27.9 Å². The van der Waals surface area contributed by atoms with E-state index in [9.17, 15) is 4.79 Å². The summed E-state index contributed by atoms with van der Waals surface area (Å²) in [6.07, 6.45) is 5.89. The number of hydrogen-bond donors (Lipinski definition) is 0. The third kappa shape index (κ3) is 7.97. The van der Waals surface area contributed by atoms with Gasteiger partial charge in [-0.05, 0) is 67.5 Å². The van der Waals surface area contributed by atoms with Gasteiger partial charge in [0.05, 0.1) is 30.5 Å². The van der Waals surface area contributed by atoms with Gasteiger partial charge in [-0.2, -0.15) is 0 Å². The van der Waals surface area contributed by atoms with E-state index < -0.39 is 0 Å². The fourth-order valence-electron chi connectivity index (χ4n) is 4.05. The minimum atomic E-state index is -0.266. The van der Waals surface area contributed by atoms with Crippen molar-refractivity contribution >= 4 is 34.0 Å². The van der Waals surface area contributed by atoms with E-state index in [-0.39, 0.29) is 5.97 Å². The van der Waals surface area contributed by atoms with Gasteiger partial charge in [0, 0.05) is 25.4 Å². The third-order valence-corrected chi connectivity index (χ3v) is 7.20. The van der Waals surface area contributed by atoms with E-state index in [4.69, 9.17) is 19.2 Å². The maximum atomic E-state index is 13.0. The van der Waals surface area contributed by atoms with Crippen LogP contribution in [0.2, 0.25) is 0 Å². The van der Waals surface area contributed by atoms with Crippen molar-refractivity contribution in [2.24, 2.45) is 10.9 Å². The summed E-state index contributed by atoms with van der Waals surface area (Å²) >= 11 is 1.77. The number of thioether (sulfide) groups is 1. The zero-order valence-electron chi connectivity index (χ0n) is 21.3. The number of methoxy groups -OCH3 is 3. The number of ether oxygens (including phenoxy) is 3. The number of allylic oxidation sites excluding steroid dienone is 1. The molecule has 0 saturated heterocycles. The van der Waals surface area contributed by atoms with E-state index in [1.807, 2.05) is 42.5 Å². The van der Waals surface area contributed by atoms with Gasteiger partial charge in [0.1, 0.15) is 5.75 Å². The Hall–Kier alpha value is -2.57. The molecule has 0 heterocycles. The second kappa shape index (κ2) is 14.1. The monoisotopic (exact) mass is 495 g/mol. The minimum absolute atomic E-state index is 0.266. The van der Waals surface area contributed by atoms with Gasteiger partial charge >= 0.3 is 5.97 Å². The Labute approximate surface area is 214 Å². The van der Waals surface area contributed by atoms with E-state index in [2.05, 4.69) is 13.0 Å². The first-order valence-electron chi connectivity index (χ1n) is 12.3. The van der Waals surface area contributed by atoms with Gasteiger partial charge in [0.2, 0.25) is 0 Å². The zero-order valence-corrected chi connectivity index (χ0v) is 22.2. The summed E-state index contributed by atoms with van der Waals surface area (Å²) in [5.41, 5.74) is 4.88. The van der Waals surface area contributed by atoms with Crippen LogP contribution in [0, 0.1) is 5.92 Å². The number of benzene rings is 2. The second-order valence-electron chi connectivity index (χ2n) is 8.68. The predicted molar refractivity (Wildman–Crippen MR) is 146 cm³/mol. The molecule has 3 rings (SSSR count). The molecule has 0 aromatic heterocycles. The predicted octanol–water partition coefficient (Wildman–Crippen LogP) is 7.22. The third-order valence-electron chi connectivity index (χ3n) is 6.02. The van der Waals surface area contributed by atoms with Crippen LogP contribution in [0.4, 0.5) is 5.69 Å². The Kier molecular flexibility index (Phi) is 10.9. The lowest BCUT2D eigenvalue weighted by molar-refractivity contribution is -0.133. The lowest BCUT2D eigenvalue weighted by atomic mass is 9.91. The van der Waals surface area contributed by atoms with Crippen LogP contribution < -0.4 is 4.74 Å². The summed E-state index contributed by atoms with van der Waals surface area (Å²) in [4.78, 5) is 18.0. The minimum Gasteiger partial charge on any atom is -0.497 e. The number of aliphatic imine (C=N–C) groups is 1. The highest BCUT2D eigenvalue weighted by Crippen LogP contribution is 2.39. The molecule has 0 radical (unpaired) electrons. The lowest BCUT2D eigenvalue weighted by Crippen LogP contribution is -2.10. The van der Waals surface area contributed by atoms with Gasteiger partial charge < -0.3 is 14.2 Å². The van der Waals surface area contributed by atoms with Crippen LogP contribution in [0.5, 0.6) is 5.75 Å². The van der Waals surface area contributed by atoms with Crippen LogP contribution in [-0.2, 0) is 20.0 Å². The Morgan fingerprint density at radius 3 is 2.40 bits per heavy atom. The van der Waals surface area contributed by atoms with Gasteiger partial charge in [-0.25, -0.2) is 9.79 Å². The molecule has 188 valence electrons. The van der Waals surface area contributed by atoms with Crippen LogP contribution in [-0.4, -0.2) is 38.9 Å². The molecule has 2 aromatic rings. The molecule has 0 amide bonds. The summed E-state index contributed by atoms with van der Waals surface area (Å²) in [6.45, 7) is 2.82. The molecule has 2 aromatic carbocycles. The van der Waals surface area contributed by atoms with Crippen molar-refractivity contribution in [2.45, 2.75) is 51.2 Å². The van der Waals surface area contributed by atoms with Crippen molar-refractivity contribution in [3.8, 4) is 5.75 Å². The van der Waals surface area contributed by atoms with Crippen LogP contribution in [0.1, 0.15) is 56.6 Å². The molecule has 35 heavy (non-hydrogen) atoms. The highest BCUT2D eigenvalue weighted by atomic mass is 32.2. The highest BCUT2D eigenvalue weighted by molar-refractivity contribution is 8.13. The molecule has 1 aliphatic carbocycles. The Morgan fingerprint density at radius 2 is 1.77 bits per heavy atom. The quantitative estimate of drug-likeness (QED) is 0.0965. The van der Waals surface area contributed by atoms with Crippen LogP contribution in [0.3, 0.4) is 0 Å². The number of rotatable bonds is 13.